The summed E-state index contributed by atoms with van der Waals surface area (Å²) in [6.45, 7) is 0.166. The van der Waals surface area contributed by atoms with Gasteiger partial charge in [-0.15, -0.1) is 0 Å². The number of nitrogens with one attached hydrogen (secondary N) is 2. The van der Waals surface area contributed by atoms with Gasteiger partial charge in [0, 0.05) is 24.4 Å². The average molecular weight is 644 g/mol. The maximum atomic E-state index is 13.4. The standard InChI is InChI=1S/C34H33N3O10/c38-25-16-17-37(34(42)36-25)31-28(44-20-22-12-6-2-7-13-22)26(43-19-21-10-4-1-5-11-21)24(45-31)18-35-30(39)27-29(32(40)41)47-33(46-27)23-14-8-3-9-15-23/h1-17,24,26-29,31,33H,18-20H2,(H,35,39)(H,40,41)(H,36,38,42)/t24-,26-,27-,28-,29-,31-,33?/m1/s1. The lowest BCUT2D eigenvalue weighted by Crippen LogP contribution is -2.48. The molecule has 7 atom stereocenters. The Morgan fingerprint density at radius 3 is 1.94 bits per heavy atom. The molecule has 6 rings (SSSR count). The number of rotatable bonds is 12. The second-order valence-corrected chi connectivity index (χ2v) is 11.0. The van der Waals surface area contributed by atoms with E-state index in [1.54, 1.807) is 30.3 Å². The van der Waals surface area contributed by atoms with Gasteiger partial charge in [-0.2, -0.15) is 0 Å². The Balaban J connectivity index is 1.25. The Morgan fingerprint density at radius 1 is 0.766 bits per heavy atom. The van der Waals surface area contributed by atoms with Crippen LogP contribution in [0.5, 0.6) is 0 Å². The van der Waals surface area contributed by atoms with Gasteiger partial charge >= 0.3 is 11.7 Å². The molecule has 2 saturated heterocycles. The summed E-state index contributed by atoms with van der Waals surface area (Å²) in [5.74, 6) is -2.08. The molecular formula is C34H33N3O10. The van der Waals surface area contributed by atoms with Gasteiger partial charge in [0.25, 0.3) is 11.5 Å². The number of aromatic amines is 1. The van der Waals surface area contributed by atoms with Gasteiger partial charge in [0.05, 0.1) is 13.2 Å². The number of carbonyl (C=O) groups excluding carboxylic acids is 1. The van der Waals surface area contributed by atoms with Crippen molar-refractivity contribution in [2.45, 2.75) is 56.3 Å². The smallest absolute Gasteiger partial charge is 0.336 e. The summed E-state index contributed by atoms with van der Waals surface area (Å²) in [7, 11) is 0. The lowest BCUT2D eigenvalue weighted by molar-refractivity contribution is -0.152. The second-order valence-electron chi connectivity index (χ2n) is 11.0. The first-order valence-electron chi connectivity index (χ1n) is 15.0. The number of ether oxygens (including phenoxy) is 5. The van der Waals surface area contributed by atoms with Crippen LogP contribution in [0.4, 0.5) is 0 Å². The van der Waals surface area contributed by atoms with Gasteiger partial charge in [-0.25, -0.2) is 9.59 Å². The normalized spacial score (nSPS) is 25.4. The topological polar surface area (TPSA) is 167 Å². The molecule has 0 bridgehead atoms. The number of aliphatic carboxylic acids is 1. The minimum atomic E-state index is -1.55. The van der Waals surface area contributed by atoms with Crippen LogP contribution in [0.1, 0.15) is 29.2 Å². The molecule has 2 fully saturated rings. The first-order chi connectivity index (χ1) is 22.9. The SMILES string of the molecule is O=C(O)[C@@H]1OC(c2ccccc2)O[C@H]1C(=O)NC[C@H]1O[C@@H](n2ccc(=O)[nH]c2=O)[C@H](OCc2ccccc2)[C@@H]1OCc1ccccc1. The molecule has 13 heteroatoms. The number of hydrogen-bond donors (Lipinski definition) is 3. The molecule has 244 valence electrons. The van der Waals surface area contributed by atoms with Crippen LogP contribution in [0, 0.1) is 0 Å². The van der Waals surface area contributed by atoms with Gasteiger partial charge in [-0.3, -0.25) is 19.1 Å². The molecule has 2 aliphatic heterocycles. The fourth-order valence-electron chi connectivity index (χ4n) is 5.53. The Kier molecular flexibility index (Phi) is 10.00. The summed E-state index contributed by atoms with van der Waals surface area (Å²) < 4.78 is 31.6. The molecule has 1 amide bonds. The summed E-state index contributed by atoms with van der Waals surface area (Å²) in [6.07, 6.45) is -6.36. The molecule has 3 heterocycles. The van der Waals surface area contributed by atoms with E-state index in [2.05, 4.69) is 10.3 Å². The van der Waals surface area contributed by atoms with Crippen LogP contribution in [-0.2, 0) is 46.5 Å². The minimum Gasteiger partial charge on any atom is -0.479 e. The molecule has 0 spiro atoms. The number of hydrogen-bond acceptors (Lipinski definition) is 9. The molecule has 47 heavy (non-hydrogen) atoms. The third-order valence-electron chi connectivity index (χ3n) is 7.85. The second kappa shape index (κ2) is 14.7. The van der Waals surface area contributed by atoms with Gasteiger partial charge in [-0.05, 0) is 11.1 Å². The molecular weight excluding hydrogens is 610 g/mol. The highest BCUT2D eigenvalue weighted by atomic mass is 16.7. The van der Waals surface area contributed by atoms with Crippen molar-refractivity contribution in [2.24, 2.45) is 0 Å². The van der Waals surface area contributed by atoms with Gasteiger partial charge in [0.2, 0.25) is 0 Å². The van der Waals surface area contributed by atoms with Gasteiger partial charge in [-0.1, -0.05) is 91.0 Å². The monoisotopic (exact) mass is 643 g/mol. The molecule has 0 radical (unpaired) electrons. The van der Waals surface area contributed by atoms with Crippen LogP contribution in [-0.4, -0.2) is 63.6 Å². The van der Waals surface area contributed by atoms with Crippen LogP contribution in [0.3, 0.4) is 0 Å². The highest BCUT2D eigenvalue weighted by molar-refractivity contribution is 5.88. The number of benzene rings is 3. The summed E-state index contributed by atoms with van der Waals surface area (Å²) >= 11 is 0. The van der Waals surface area contributed by atoms with Crippen LogP contribution < -0.4 is 16.6 Å². The van der Waals surface area contributed by atoms with E-state index in [1.807, 2.05) is 60.7 Å². The zero-order valence-electron chi connectivity index (χ0n) is 25.0. The van der Waals surface area contributed by atoms with Crippen molar-refractivity contribution >= 4 is 11.9 Å². The number of amides is 1. The summed E-state index contributed by atoms with van der Waals surface area (Å²) in [4.78, 5) is 52.4. The van der Waals surface area contributed by atoms with Crippen LogP contribution in [0.15, 0.2) is 113 Å². The van der Waals surface area contributed by atoms with Crippen molar-refractivity contribution in [1.82, 2.24) is 14.9 Å². The van der Waals surface area contributed by atoms with Gasteiger partial charge < -0.3 is 34.1 Å². The number of carboxylic acids is 1. The number of H-pyrrole nitrogens is 1. The van der Waals surface area contributed by atoms with E-state index >= 15 is 0 Å². The molecule has 4 aromatic rings. The van der Waals surface area contributed by atoms with E-state index in [4.69, 9.17) is 23.7 Å². The van der Waals surface area contributed by atoms with Crippen molar-refractivity contribution in [2.75, 3.05) is 6.54 Å². The van der Waals surface area contributed by atoms with E-state index < -0.39 is 66.2 Å². The lowest BCUT2D eigenvalue weighted by Gasteiger charge is -2.26. The molecule has 3 aromatic carbocycles. The Morgan fingerprint density at radius 2 is 1.34 bits per heavy atom. The van der Waals surface area contributed by atoms with E-state index in [0.29, 0.717) is 5.56 Å². The van der Waals surface area contributed by atoms with E-state index in [9.17, 15) is 24.3 Å². The average Bonchev–Trinajstić information content (AvgIpc) is 3.69. The third kappa shape index (κ3) is 7.56. The van der Waals surface area contributed by atoms with Crippen molar-refractivity contribution in [3.05, 3.63) is 141 Å². The first kappa shape index (κ1) is 32.0. The first-order valence-corrected chi connectivity index (χ1v) is 15.0. The Hall–Kier alpha value is -4.92. The van der Waals surface area contributed by atoms with Crippen molar-refractivity contribution < 1.29 is 38.4 Å². The Labute approximate surface area is 268 Å². The van der Waals surface area contributed by atoms with E-state index in [1.165, 1.54) is 16.8 Å². The van der Waals surface area contributed by atoms with Crippen LogP contribution >= 0.6 is 0 Å². The fourth-order valence-corrected chi connectivity index (χ4v) is 5.53. The molecule has 2 aliphatic rings. The number of aromatic nitrogens is 2. The predicted octanol–water partition coefficient (Wildman–Crippen LogP) is 2.29. The molecule has 1 aromatic heterocycles. The number of carbonyl (C=O) groups is 2. The maximum Gasteiger partial charge on any atom is 0.336 e. The third-order valence-corrected chi connectivity index (χ3v) is 7.85. The lowest BCUT2D eigenvalue weighted by atomic mass is 10.1. The Bertz CT molecular complexity index is 1770. The van der Waals surface area contributed by atoms with Crippen LogP contribution in [0.2, 0.25) is 0 Å². The van der Waals surface area contributed by atoms with E-state index in [0.717, 1.165) is 11.1 Å². The maximum absolute atomic E-state index is 13.4. The zero-order valence-corrected chi connectivity index (χ0v) is 25.0. The number of carboxylic acid groups (broad SMARTS) is 1. The van der Waals surface area contributed by atoms with Crippen molar-refractivity contribution in [3.8, 4) is 0 Å². The summed E-state index contributed by atoms with van der Waals surface area (Å²) in [5, 5.41) is 12.5. The summed E-state index contributed by atoms with van der Waals surface area (Å²) in [5.41, 5.74) is 1.01. The van der Waals surface area contributed by atoms with E-state index in [-0.39, 0.29) is 19.8 Å². The molecule has 3 N–H and O–H groups in total. The van der Waals surface area contributed by atoms with Gasteiger partial charge in [0.1, 0.15) is 18.3 Å². The number of nitrogens with zero attached hydrogens (tertiary/aromatic N) is 1. The molecule has 1 unspecified atom stereocenters. The summed E-state index contributed by atoms with van der Waals surface area (Å²) in [6, 6.07) is 28.7. The largest absolute Gasteiger partial charge is 0.479 e. The van der Waals surface area contributed by atoms with Gasteiger partial charge in [0.15, 0.2) is 24.7 Å². The van der Waals surface area contributed by atoms with Crippen LogP contribution in [0.25, 0.3) is 0 Å². The fraction of sp³-hybridized carbons (Fsp3) is 0.294. The van der Waals surface area contributed by atoms with Crippen molar-refractivity contribution in [1.29, 1.82) is 0 Å². The quantitative estimate of drug-likeness (QED) is 0.208. The molecule has 0 saturated carbocycles. The zero-order chi connectivity index (χ0) is 32.8. The predicted molar refractivity (Wildman–Crippen MR) is 165 cm³/mol. The minimum absolute atomic E-state index is 0.152. The molecule has 0 aliphatic carbocycles. The van der Waals surface area contributed by atoms with Crippen molar-refractivity contribution in [3.63, 3.8) is 0 Å². The highest BCUT2D eigenvalue weighted by Crippen LogP contribution is 2.35. The highest BCUT2D eigenvalue weighted by Gasteiger charge is 2.49. The molecule has 13 nitrogen and oxygen atoms in total.